The number of aromatic nitrogens is 1. The fourth-order valence-corrected chi connectivity index (χ4v) is 1.60. The summed E-state index contributed by atoms with van der Waals surface area (Å²) in [7, 11) is 1.62. The molecule has 0 aliphatic heterocycles. The van der Waals surface area contributed by atoms with Crippen LogP contribution in [0.2, 0.25) is 0 Å². The third-order valence-electron chi connectivity index (χ3n) is 2.55. The lowest BCUT2D eigenvalue weighted by Crippen LogP contribution is -2.16. The number of anilines is 1. The summed E-state index contributed by atoms with van der Waals surface area (Å²) in [6, 6.07) is 13.0. The normalized spacial score (nSPS) is 9.56. The topological polar surface area (TPSA) is 49.1 Å². The number of benzene rings is 1. The minimum Gasteiger partial charge on any atom is -0.497 e. The zero-order valence-electron chi connectivity index (χ0n) is 10.1. The molecule has 0 unspecified atom stereocenters. The highest BCUT2D eigenvalue weighted by Gasteiger charge is 2.07. The van der Waals surface area contributed by atoms with E-state index in [-0.39, 0.29) is 0 Å². The first-order chi connectivity index (χ1) is 8.83. The summed E-state index contributed by atoms with van der Waals surface area (Å²) in [6.07, 6.45) is 3.88. The first-order valence-electron chi connectivity index (χ1n) is 5.54. The van der Waals surface area contributed by atoms with Crippen LogP contribution < -0.4 is 9.64 Å². The van der Waals surface area contributed by atoms with Gasteiger partial charge in [0.15, 0.2) is 6.19 Å². The molecule has 2 rings (SSSR count). The van der Waals surface area contributed by atoms with Gasteiger partial charge in [0.2, 0.25) is 0 Å². The van der Waals surface area contributed by atoms with Gasteiger partial charge in [0, 0.05) is 6.20 Å². The second-order valence-electron chi connectivity index (χ2n) is 3.71. The summed E-state index contributed by atoms with van der Waals surface area (Å²) in [5, 5.41) is 9.18. The molecule has 0 fully saturated rings. The van der Waals surface area contributed by atoms with Gasteiger partial charge in [-0.05, 0) is 36.4 Å². The number of hydrogen-bond donors (Lipinski definition) is 0. The van der Waals surface area contributed by atoms with Gasteiger partial charge in [-0.15, -0.1) is 0 Å². The molecule has 1 aromatic heterocycles. The van der Waals surface area contributed by atoms with Gasteiger partial charge in [-0.25, -0.2) is 0 Å². The molecule has 1 aromatic carbocycles. The van der Waals surface area contributed by atoms with Gasteiger partial charge in [-0.2, -0.15) is 5.26 Å². The van der Waals surface area contributed by atoms with Crippen LogP contribution in [0.3, 0.4) is 0 Å². The minimum atomic E-state index is 0.462. The predicted molar refractivity (Wildman–Crippen MR) is 69.0 cm³/mol. The van der Waals surface area contributed by atoms with Crippen molar-refractivity contribution >= 4 is 5.69 Å². The Morgan fingerprint density at radius 2 is 2.00 bits per heavy atom. The van der Waals surface area contributed by atoms with E-state index in [4.69, 9.17) is 4.74 Å². The molecule has 0 N–H and O–H groups in total. The van der Waals surface area contributed by atoms with Crippen molar-refractivity contribution in [3.8, 4) is 11.9 Å². The average molecular weight is 239 g/mol. The lowest BCUT2D eigenvalue weighted by Gasteiger charge is -2.15. The van der Waals surface area contributed by atoms with Gasteiger partial charge in [0.1, 0.15) is 5.75 Å². The van der Waals surface area contributed by atoms with Crippen LogP contribution in [0.1, 0.15) is 5.69 Å². The lowest BCUT2D eigenvalue weighted by molar-refractivity contribution is 0.415. The molecule has 18 heavy (non-hydrogen) atoms. The standard InChI is InChI=1S/C14H13N3O/c1-18-14-7-5-13(6-8-14)17(11-15)10-12-4-2-3-9-16-12/h2-9H,10H2,1H3. The van der Waals surface area contributed by atoms with Crippen LogP contribution in [0.4, 0.5) is 5.69 Å². The summed E-state index contributed by atoms with van der Waals surface area (Å²) in [5.74, 6) is 0.773. The Labute approximate surface area is 106 Å². The molecular formula is C14H13N3O. The van der Waals surface area contributed by atoms with Crippen molar-refractivity contribution < 1.29 is 4.74 Å². The first-order valence-corrected chi connectivity index (χ1v) is 5.54. The molecule has 4 heteroatoms. The van der Waals surface area contributed by atoms with Crippen molar-refractivity contribution in [2.45, 2.75) is 6.54 Å². The van der Waals surface area contributed by atoms with E-state index in [0.29, 0.717) is 6.54 Å². The summed E-state index contributed by atoms with van der Waals surface area (Å²) < 4.78 is 5.09. The Bertz CT molecular complexity index is 531. The summed E-state index contributed by atoms with van der Waals surface area (Å²) in [4.78, 5) is 5.79. The highest BCUT2D eigenvalue weighted by atomic mass is 16.5. The van der Waals surface area contributed by atoms with E-state index in [2.05, 4.69) is 11.2 Å². The van der Waals surface area contributed by atoms with E-state index in [0.717, 1.165) is 17.1 Å². The van der Waals surface area contributed by atoms with E-state index in [1.165, 1.54) is 0 Å². The number of rotatable bonds is 4. The fourth-order valence-electron chi connectivity index (χ4n) is 1.60. The average Bonchev–Trinajstić information content (AvgIpc) is 2.46. The van der Waals surface area contributed by atoms with Crippen LogP contribution in [0.5, 0.6) is 5.75 Å². The van der Waals surface area contributed by atoms with E-state index >= 15 is 0 Å². The molecule has 0 saturated carbocycles. The Morgan fingerprint density at radius 1 is 1.22 bits per heavy atom. The van der Waals surface area contributed by atoms with E-state index < -0.39 is 0 Å². The fraction of sp³-hybridized carbons (Fsp3) is 0.143. The number of ether oxygens (including phenoxy) is 1. The van der Waals surface area contributed by atoms with Crippen LogP contribution in [-0.4, -0.2) is 12.1 Å². The van der Waals surface area contributed by atoms with Crippen molar-refractivity contribution in [1.29, 1.82) is 5.26 Å². The lowest BCUT2D eigenvalue weighted by atomic mass is 10.2. The SMILES string of the molecule is COc1ccc(N(C#N)Cc2ccccn2)cc1. The number of nitriles is 1. The van der Waals surface area contributed by atoms with Gasteiger partial charge in [0.25, 0.3) is 0 Å². The zero-order chi connectivity index (χ0) is 12.8. The second-order valence-corrected chi connectivity index (χ2v) is 3.71. The molecule has 2 aromatic rings. The van der Waals surface area contributed by atoms with Crippen LogP contribution in [-0.2, 0) is 6.54 Å². The number of nitrogens with zero attached hydrogens (tertiary/aromatic N) is 3. The molecule has 1 heterocycles. The second kappa shape index (κ2) is 5.69. The number of hydrogen-bond acceptors (Lipinski definition) is 4. The van der Waals surface area contributed by atoms with E-state index in [1.807, 2.05) is 42.5 Å². The zero-order valence-corrected chi connectivity index (χ0v) is 10.1. The Kier molecular flexibility index (Phi) is 3.77. The molecule has 0 radical (unpaired) electrons. The monoisotopic (exact) mass is 239 g/mol. The molecule has 0 bridgehead atoms. The van der Waals surface area contributed by atoms with Gasteiger partial charge >= 0.3 is 0 Å². The summed E-state index contributed by atoms with van der Waals surface area (Å²) in [6.45, 7) is 0.462. The molecule has 0 spiro atoms. The maximum absolute atomic E-state index is 9.18. The van der Waals surface area contributed by atoms with Gasteiger partial charge in [0.05, 0.1) is 25.0 Å². The maximum Gasteiger partial charge on any atom is 0.184 e. The van der Waals surface area contributed by atoms with Crippen molar-refractivity contribution in [2.24, 2.45) is 0 Å². The largest absolute Gasteiger partial charge is 0.497 e. The Morgan fingerprint density at radius 3 is 2.56 bits per heavy atom. The van der Waals surface area contributed by atoms with Gasteiger partial charge in [-0.1, -0.05) is 6.07 Å². The molecule has 0 aliphatic rings. The van der Waals surface area contributed by atoms with Crippen LogP contribution in [0, 0.1) is 11.5 Å². The van der Waals surface area contributed by atoms with Crippen LogP contribution in [0.15, 0.2) is 48.7 Å². The van der Waals surface area contributed by atoms with Crippen LogP contribution >= 0.6 is 0 Å². The van der Waals surface area contributed by atoms with Crippen molar-refractivity contribution in [3.05, 3.63) is 54.4 Å². The highest BCUT2D eigenvalue weighted by molar-refractivity contribution is 5.52. The molecule has 4 nitrogen and oxygen atoms in total. The molecular weight excluding hydrogens is 226 g/mol. The Hall–Kier alpha value is -2.54. The quantitative estimate of drug-likeness (QED) is 0.607. The van der Waals surface area contributed by atoms with E-state index in [9.17, 15) is 5.26 Å². The van der Waals surface area contributed by atoms with Crippen molar-refractivity contribution in [1.82, 2.24) is 4.98 Å². The van der Waals surface area contributed by atoms with Crippen molar-refractivity contribution in [3.63, 3.8) is 0 Å². The van der Waals surface area contributed by atoms with Gasteiger partial charge in [-0.3, -0.25) is 9.88 Å². The first kappa shape index (κ1) is 11.9. The molecule has 0 atom stereocenters. The summed E-state index contributed by atoms with van der Waals surface area (Å²) >= 11 is 0. The molecule has 90 valence electrons. The summed E-state index contributed by atoms with van der Waals surface area (Å²) in [5.41, 5.74) is 1.68. The molecule has 0 amide bonds. The third kappa shape index (κ3) is 2.77. The Balaban J connectivity index is 2.16. The predicted octanol–water partition coefficient (Wildman–Crippen LogP) is 2.58. The maximum atomic E-state index is 9.18. The molecule has 0 aliphatic carbocycles. The number of pyridine rings is 1. The van der Waals surface area contributed by atoms with E-state index in [1.54, 1.807) is 18.2 Å². The van der Waals surface area contributed by atoms with Gasteiger partial charge < -0.3 is 4.74 Å². The highest BCUT2D eigenvalue weighted by Crippen LogP contribution is 2.19. The third-order valence-corrected chi connectivity index (χ3v) is 2.55. The van der Waals surface area contributed by atoms with Crippen LogP contribution in [0.25, 0.3) is 0 Å². The van der Waals surface area contributed by atoms with Crippen molar-refractivity contribution in [2.75, 3.05) is 12.0 Å². The minimum absolute atomic E-state index is 0.462. The smallest absolute Gasteiger partial charge is 0.184 e. The number of methoxy groups -OCH3 is 1. The molecule has 0 saturated heterocycles.